The monoisotopic (exact) mass is 568 g/mol. The highest BCUT2D eigenvalue weighted by molar-refractivity contribution is 7.18. The van der Waals surface area contributed by atoms with Crippen LogP contribution in [-0.4, -0.2) is 10.2 Å². The normalized spacial score (nSPS) is 13.5. The Morgan fingerprint density at radius 2 is 1.02 bits per heavy atom. The summed E-state index contributed by atoms with van der Waals surface area (Å²) < 4.78 is 6.84. The second-order valence-corrected chi connectivity index (χ2v) is 12.0. The van der Waals surface area contributed by atoms with E-state index in [1.54, 1.807) is 11.3 Å². The van der Waals surface area contributed by atoms with Crippen molar-refractivity contribution in [2.75, 3.05) is 0 Å². The summed E-state index contributed by atoms with van der Waals surface area (Å²) in [6, 6.07) is 51.3. The fourth-order valence-electron chi connectivity index (χ4n) is 6.92. The van der Waals surface area contributed by atoms with Crippen molar-refractivity contribution in [2.24, 2.45) is 0 Å². The number of thiophene rings is 1. The van der Waals surface area contributed by atoms with Crippen LogP contribution >= 0.6 is 11.3 Å². The van der Waals surface area contributed by atoms with Gasteiger partial charge in [0.1, 0.15) is 17.2 Å². The first kappa shape index (κ1) is 24.3. The Labute approximate surface area is 253 Å². The van der Waals surface area contributed by atoms with Crippen LogP contribution in [0.4, 0.5) is 0 Å². The van der Waals surface area contributed by atoms with Crippen molar-refractivity contribution in [2.45, 2.75) is 5.41 Å². The number of hydrogen-bond acceptors (Lipinski definition) is 4. The van der Waals surface area contributed by atoms with Crippen molar-refractivity contribution in [3.05, 3.63) is 168 Å². The molecular weight excluding hydrogens is 545 g/mol. The molecule has 2 aliphatic rings. The van der Waals surface area contributed by atoms with E-state index in [4.69, 9.17) is 4.74 Å². The summed E-state index contributed by atoms with van der Waals surface area (Å²) in [6.07, 6.45) is 0. The molecule has 0 unspecified atom stereocenters. The molecule has 0 saturated carbocycles. The van der Waals surface area contributed by atoms with E-state index in [2.05, 4.69) is 132 Å². The minimum atomic E-state index is -0.466. The van der Waals surface area contributed by atoms with E-state index < -0.39 is 5.41 Å². The maximum atomic E-state index is 6.84. The lowest BCUT2D eigenvalue weighted by molar-refractivity contribution is 0.438. The van der Waals surface area contributed by atoms with Gasteiger partial charge in [0.2, 0.25) is 0 Å². The van der Waals surface area contributed by atoms with Crippen molar-refractivity contribution in [3.63, 3.8) is 0 Å². The van der Waals surface area contributed by atoms with E-state index in [1.165, 1.54) is 33.4 Å². The van der Waals surface area contributed by atoms with Crippen molar-refractivity contribution >= 4 is 11.3 Å². The molecule has 1 aliphatic carbocycles. The Bertz CT molecular complexity index is 2120. The van der Waals surface area contributed by atoms with Gasteiger partial charge in [-0.1, -0.05) is 109 Å². The molecule has 9 rings (SSSR count). The SMILES string of the molecule is c1ccc(-c2ccc(-c3ccc(-c4cccc5c4Oc4ccccc4C54c5ccccc5-c5ccccc54)s3)nn2)cc1. The highest BCUT2D eigenvalue weighted by Gasteiger charge is 2.51. The Balaban J connectivity index is 1.21. The number of para-hydroxylation sites is 2. The molecule has 202 valence electrons. The predicted molar refractivity (Wildman–Crippen MR) is 174 cm³/mol. The van der Waals surface area contributed by atoms with E-state index in [1.807, 2.05) is 24.3 Å². The molecular formula is C39H24N2OS. The summed E-state index contributed by atoms with van der Waals surface area (Å²) in [5, 5.41) is 9.11. The first-order valence-corrected chi connectivity index (χ1v) is 15.2. The highest BCUT2D eigenvalue weighted by Crippen LogP contribution is 2.63. The lowest BCUT2D eigenvalue weighted by atomic mass is 9.66. The molecule has 3 nitrogen and oxygen atoms in total. The van der Waals surface area contributed by atoms with Gasteiger partial charge in [0.05, 0.1) is 16.0 Å². The molecule has 1 spiro atoms. The highest BCUT2D eigenvalue weighted by atomic mass is 32.1. The van der Waals surface area contributed by atoms with Gasteiger partial charge in [-0.2, -0.15) is 0 Å². The molecule has 0 bridgehead atoms. The second-order valence-electron chi connectivity index (χ2n) is 11.0. The molecule has 0 radical (unpaired) electrons. The topological polar surface area (TPSA) is 35.0 Å². The Hall–Kier alpha value is -5.32. The van der Waals surface area contributed by atoms with E-state index in [0.29, 0.717) is 0 Å². The maximum absolute atomic E-state index is 6.84. The van der Waals surface area contributed by atoms with Gasteiger partial charge in [0, 0.05) is 27.1 Å². The number of nitrogens with zero attached hydrogens (tertiary/aromatic N) is 2. The van der Waals surface area contributed by atoms with E-state index in [9.17, 15) is 0 Å². The van der Waals surface area contributed by atoms with E-state index in [0.717, 1.165) is 43.8 Å². The van der Waals surface area contributed by atoms with Crippen LogP contribution in [0.15, 0.2) is 146 Å². The largest absolute Gasteiger partial charge is 0.456 e. The van der Waals surface area contributed by atoms with Crippen LogP contribution in [0.2, 0.25) is 0 Å². The number of fused-ring (bicyclic) bond motifs is 9. The van der Waals surface area contributed by atoms with Gasteiger partial charge < -0.3 is 4.74 Å². The van der Waals surface area contributed by atoms with Gasteiger partial charge in [-0.05, 0) is 58.7 Å². The van der Waals surface area contributed by atoms with Gasteiger partial charge in [-0.25, -0.2) is 0 Å². The Morgan fingerprint density at radius 1 is 0.442 bits per heavy atom. The minimum absolute atomic E-state index is 0.466. The molecule has 1 aliphatic heterocycles. The number of benzene rings is 5. The molecule has 0 amide bonds. The zero-order chi connectivity index (χ0) is 28.4. The number of hydrogen-bond donors (Lipinski definition) is 0. The zero-order valence-corrected chi connectivity index (χ0v) is 23.9. The fraction of sp³-hybridized carbons (Fsp3) is 0.0256. The number of aromatic nitrogens is 2. The Kier molecular flexibility index (Phi) is 5.28. The summed E-state index contributed by atoms with van der Waals surface area (Å²) in [4.78, 5) is 2.21. The first-order chi connectivity index (χ1) is 21.3. The smallest absolute Gasteiger partial charge is 0.140 e. The molecule has 43 heavy (non-hydrogen) atoms. The summed E-state index contributed by atoms with van der Waals surface area (Å²) in [5.41, 5.74) is 10.9. The van der Waals surface area contributed by atoms with Gasteiger partial charge in [-0.3, -0.25) is 0 Å². The third kappa shape index (κ3) is 3.47. The van der Waals surface area contributed by atoms with Crippen molar-refractivity contribution < 1.29 is 4.74 Å². The average Bonchev–Trinajstić information content (AvgIpc) is 3.68. The van der Waals surface area contributed by atoms with Crippen molar-refractivity contribution in [3.8, 4) is 54.9 Å². The predicted octanol–water partition coefficient (Wildman–Crippen LogP) is 10.0. The van der Waals surface area contributed by atoms with Gasteiger partial charge in [0.25, 0.3) is 0 Å². The lowest BCUT2D eigenvalue weighted by Gasteiger charge is -2.40. The molecule has 0 fully saturated rings. The third-order valence-corrected chi connectivity index (χ3v) is 9.87. The molecule has 0 N–H and O–H groups in total. The number of ether oxygens (including phenoxy) is 1. The summed E-state index contributed by atoms with van der Waals surface area (Å²) >= 11 is 1.71. The van der Waals surface area contributed by atoms with Crippen LogP contribution in [-0.2, 0) is 5.41 Å². The average molecular weight is 569 g/mol. The fourth-order valence-corrected chi connectivity index (χ4v) is 7.91. The molecule has 4 heteroatoms. The van der Waals surface area contributed by atoms with Crippen molar-refractivity contribution in [1.29, 1.82) is 0 Å². The van der Waals surface area contributed by atoms with E-state index >= 15 is 0 Å². The van der Waals surface area contributed by atoms with Crippen LogP contribution in [0.25, 0.3) is 43.4 Å². The second kappa shape index (κ2) is 9.35. The first-order valence-electron chi connectivity index (χ1n) is 14.4. The standard InChI is InChI=1S/C39H24N2OS/c1-2-11-25(12-3-1)33-21-22-34(41-40-33)37-24-23-36(43-37)28-15-10-19-32-38(28)42-35-20-9-8-18-31(35)39(32)29-16-6-4-13-26(29)27-14-5-7-17-30(27)39/h1-24H. The lowest BCUT2D eigenvalue weighted by Crippen LogP contribution is -2.32. The van der Waals surface area contributed by atoms with E-state index in [-0.39, 0.29) is 0 Å². The van der Waals surface area contributed by atoms with Crippen LogP contribution < -0.4 is 4.74 Å². The molecule has 2 aromatic heterocycles. The van der Waals surface area contributed by atoms with Crippen LogP contribution in [0.5, 0.6) is 11.5 Å². The van der Waals surface area contributed by atoms with Crippen LogP contribution in [0.1, 0.15) is 22.3 Å². The van der Waals surface area contributed by atoms with Gasteiger partial charge in [0.15, 0.2) is 0 Å². The molecule has 3 heterocycles. The van der Waals surface area contributed by atoms with Crippen molar-refractivity contribution in [1.82, 2.24) is 10.2 Å². The van der Waals surface area contributed by atoms with Gasteiger partial charge >= 0.3 is 0 Å². The minimum Gasteiger partial charge on any atom is -0.456 e. The summed E-state index contributed by atoms with van der Waals surface area (Å²) in [6.45, 7) is 0. The zero-order valence-electron chi connectivity index (χ0n) is 23.1. The van der Waals surface area contributed by atoms with Crippen LogP contribution in [0.3, 0.4) is 0 Å². The Morgan fingerprint density at radius 3 is 1.77 bits per heavy atom. The van der Waals surface area contributed by atoms with Gasteiger partial charge in [-0.15, -0.1) is 21.5 Å². The molecule has 0 atom stereocenters. The number of rotatable bonds is 3. The summed E-state index contributed by atoms with van der Waals surface area (Å²) in [5.74, 6) is 1.81. The van der Waals surface area contributed by atoms with Crippen LogP contribution in [0, 0.1) is 0 Å². The molecule has 7 aromatic rings. The molecule has 0 saturated heterocycles. The quantitative estimate of drug-likeness (QED) is 0.213. The molecule has 5 aromatic carbocycles. The summed E-state index contributed by atoms with van der Waals surface area (Å²) in [7, 11) is 0. The maximum Gasteiger partial charge on any atom is 0.140 e. The third-order valence-electron chi connectivity index (χ3n) is 8.73.